The Kier molecular flexibility index (Phi) is 3.43. The fourth-order valence-corrected chi connectivity index (χ4v) is 7.79. The molecule has 2 heteroatoms. The van der Waals surface area contributed by atoms with Gasteiger partial charge in [0.15, 0.2) is 0 Å². The van der Waals surface area contributed by atoms with E-state index in [1.165, 1.54) is 0 Å². The maximum atomic E-state index is 2.52. The van der Waals surface area contributed by atoms with Crippen LogP contribution in [0.1, 0.15) is 0 Å². The molecule has 0 aliphatic rings. The third-order valence-corrected chi connectivity index (χ3v) is 5.40. The van der Waals surface area contributed by atoms with Gasteiger partial charge in [-0.25, -0.2) is 0 Å². The summed E-state index contributed by atoms with van der Waals surface area (Å²) in [5.74, 6) is 7.28. The molecule has 0 aromatic heterocycles. The van der Waals surface area contributed by atoms with Crippen molar-refractivity contribution in [3.63, 3.8) is 0 Å². The Balaban J connectivity index is 4.01. The number of hydrogen-bond acceptors (Lipinski definition) is 0. The first-order valence-corrected chi connectivity index (χ1v) is 15.0. The molecule has 0 bridgehead atoms. The Labute approximate surface area is 69.1 Å². The Morgan fingerprint density at radius 3 is 1.50 bits per heavy atom. The first-order valence-electron chi connectivity index (χ1n) is 3.91. The predicted molar refractivity (Wildman–Crippen MR) is 55.8 cm³/mol. The summed E-state index contributed by atoms with van der Waals surface area (Å²) >= 11 is -1.36. The zero-order chi connectivity index (χ0) is 8.41. The molecule has 0 nitrogen and oxygen atoms in total. The molecule has 0 aliphatic heterocycles. The van der Waals surface area contributed by atoms with Gasteiger partial charge >= 0.3 is 68.9 Å². The standard InChI is InChI=1S/C8H20GeSi/c1-9(2,3)7-8-10(4,5)6/h7-8H,1-6H3/b8-7+. The van der Waals surface area contributed by atoms with Crippen LogP contribution in [0.5, 0.6) is 0 Å². The summed E-state index contributed by atoms with van der Waals surface area (Å²) in [6.07, 6.45) is 0. The average molecular weight is 217 g/mol. The van der Waals surface area contributed by atoms with Gasteiger partial charge < -0.3 is 0 Å². The van der Waals surface area contributed by atoms with Crippen molar-refractivity contribution in [2.24, 2.45) is 0 Å². The van der Waals surface area contributed by atoms with E-state index in [9.17, 15) is 0 Å². The summed E-state index contributed by atoms with van der Waals surface area (Å²) in [7, 11) is -0.901. The average Bonchev–Trinajstić information content (AvgIpc) is 1.57. The fraction of sp³-hybridized carbons (Fsp3) is 0.750. The van der Waals surface area contributed by atoms with Crippen LogP contribution < -0.4 is 0 Å². The van der Waals surface area contributed by atoms with Gasteiger partial charge in [0.1, 0.15) is 0 Å². The Hall–Kier alpha value is 0.500. The fourth-order valence-electron chi connectivity index (χ4n) is 0.500. The Morgan fingerprint density at radius 2 is 1.40 bits per heavy atom. The van der Waals surface area contributed by atoms with Crippen LogP contribution in [0.15, 0.2) is 10.6 Å². The second kappa shape index (κ2) is 3.26. The van der Waals surface area contributed by atoms with Crippen LogP contribution in [0.3, 0.4) is 0 Å². The van der Waals surface area contributed by atoms with Gasteiger partial charge in [-0.05, 0) is 0 Å². The zero-order valence-electron chi connectivity index (χ0n) is 8.15. The molecule has 0 N–H and O–H groups in total. The molecule has 0 saturated carbocycles. The van der Waals surface area contributed by atoms with Crippen LogP contribution in [-0.4, -0.2) is 21.3 Å². The van der Waals surface area contributed by atoms with Gasteiger partial charge in [-0.1, -0.05) is 0 Å². The monoisotopic (exact) mass is 218 g/mol. The predicted octanol–water partition coefficient (Wildman–Crippen LogP) is 3.30. The van der Waals surface area contributed by atoms with Gasteiger partial charge in [0.25, 0.3) is 0 Å². The van der Waals surface area contributed by atoms with Crippen LogP contribution in [-0.2, 0) is 0 Å². The first-order chi connectivity index (χ1) is 4.21. The van der Waals surface area contributed by atoms with Crippen molar-refractivity contribution in [2.45, 2.75) is 36.9 Å². The van der Waals surface area contributed by atoms with E-state index in [4.69, 9.17) is 0 Å². The molecule has 0 fully saturated rings. The van der Waals surface area contributed by atoms with E-state index < -0.39 is 21.3 Å². The van der Waals surface area contributed by atoms with E-state index in [1.54, 1.807) is 0 Å². The minimum absolute atomic E-state index is 0.901. The molecule has 0 aromatic carbocycles. The van der Waals surface area contributed by atoms with E-state index >= 15 is 0 Å². The molecular formula is C8H20GeSi. The molecular weight excluding hydrogens is 197 g/mol. The first kappa shape index (κ1) is 10.5. The van der Waals surface area contributed by atoms with Gasteiger partial charge in [-0.2, -0.15) is 0 Å². The van der Waals surface area contributed by atoms with Gasteiger partial charge in [0.2, 0.25) is 0 Å². The SMILES string of the molecule is C[Si](C)(C)/C=[CH]/[Ge]([CH3])([CH3])[CH3]. The van der Waals surface area contributed by atoms with Crippen molar-refractivity contribution >= 4 is 21.3 Å². The second-order valence-corrected chi connectivity index (χ2v) is 20.8. The number of hydrogen-bond donors (Lipinski definition) is 0. The minimum atomic E-state index is -1.36. The molecule has 10 heavy (non-hydrogen) atoms. The van der Waals surface area contributed by atoms with Gasteiger partial charge in [0.05, 0.1) is 0 Å². The van der Waals surface area contributed by atoms with Crippen molar-refractivity contribution in [1.29, 1.82) is 0 Å². The van der Waals surface area contributed by atoms with E-state index in [1.807, 2.05) is 0 Å². The summed E-state index contributed by atoms with van der Waals surface area (Å²) in [5.41, 5.74) is 2.49. The van der Waals surface area contributed by atoms with Gasteiger partial charge in [0, 0.05) is 0 Å². The van der Waals surface area contributed by atoms with E-state index in [0.717, 1.165) is 0 Å². The summed E-state index contributed by atoms with van der Waals surface area (Å²) in [4.78, 5) is 2.52. The summed E-state index contributed by atoms with van der Waals surface area (Å²) in [6.45, 7) is 7.16. The summed E-state index contributed by atoms with van der Waals surface area (Å²) in [6, 6.07) is 0. The summed E-state index contributed by atoms with van der Waals surface area (Å²) in [5, 5.41) is 0. The van der Waals surface area contributed by atoms with E-state index in [-0.39, 0.29) is 0 Å². The molecule has 0 rings (SSSR count). The van der Waals surface area contributed by atoms with Crippen LogP contribution in [0.25, 0.3) is 0 Å². The second-order valence-electron chi connectivity index (χ2n) is 5.07. The normalized spacial score (nSPS) is 14.6. The van der Waals surface area contributed by atoms with Crippen molar-refractivity contribution in [3.05, 3.63) is 10.6 Å². The van der Waals surface area contributed by atoms with Crippen molar-refractivity contribution in [1.82, 2.24) is 0 Å². The third kappa shape index (κ3) is 8.50. The summed E-state index contributed by atoms with van der Waals surface area (Å²) < 4.78 is 0. The molecule has 0 amide bonds. The molecule has 0 aliphatic carbocycles. The zero-order valence-corrected chi connectivity index (χ0v) is 11.3. The van der Waals surface area contributed by atoms with Crippen LogP contribution >= 0.6 is 0 Å². The van der Waals surface area contributed by atoms with Crippen molar-refractivity contribution in [2.75, 3.05) is 0 Å². The van der Waals surface area contributed by atoms with Gasteiger partial charge in [-0.3, -0.25) is 0 Å². The van der Waals surface area contributed by atoms with Crippen LogP contribution in [0.2, 0.25) is 36.9 Å². The Morgan fingerprint density at radius 1 is 1.00 bits per heavy atom. The molecule has 60 valence electrons. The Bertz CT molecular complexity index is 109. The van der Waals surface area contributed by atoms with Gasteiger partial charge in [-0.15, -0.1) is 0 Å². The molecule has 0 radical (unpaired) electrons. The topological polar surface area (TPSA) is 0 Å². The van der Waals surface area contributed by atoms with Crippen LogP contribution in [0.4, 0.5) is 0 Å². The molecule has 0 atom stereocenters. The van der Waals surface area contributed by atoms with E-state index in [2.05, 4.69) is 47.5 Å². The molecule has 0 spiro atoms. The molecule has 0 heterocycles. The van der Waals surface area contributed by atoms with Crippen molar-refractivity contribution < 1.29 is 0 Å². The molecule has 0 saturated heterocycles. The van der Waals surface area contributed by atoms with Crippen LogP contribution in [0, 0.1) is 0 Å². The number of rotatable bonds is 2. The third-order valence-electron chi connectivity index (χ3n) is 1.08. The molecule has 0 aromatic rings. The maximum absolute atomic E-state index is 2.52. The van der Waals surface area contributed by atoms with Crippen molar-refractivity contribution in [3.8, 4) is 0 Å². The molecule has 0 unspecified atom stereocenters. The van der Waals surface area contributed by atoms with E-state index in [0.29, 0.717) is 0 Å². The quantitative estimate of drug-likeness (QED) is 0.622.